The third-order valence-electron chi connectivity index (χ3n) is 2.80. The summed E-state index contributed by atoms with van der Waals surface area (Å²) in [5.74, 6) is 0. The number of nitrogens with one attached hydrogen (secondary N) is 2. The SMILES string of the molecule is O=S(=O)(NCCC(F)(F)F)c1ccc2c(c1)NCC2. The van der Waals surface area contributed by atoms with E-state index in [0.29, 0.717) is 0 Å². The van der Waals surface area contributed by atoms with E-state index in [-0.39, 0.29) is 4.90 Å². The van der Waals surface area contributed by atoms with Gasteiger partial charge in [-0.3, -0.25) is 0 Å². The number of hydrogen-bond donors (Lipinski definition) is 2. The van der Waals surface area contributed by atoms with Crippen LogP contribution in [0.4, 0.5) is 18.9 Å². The summed E-state index contributed by atoms with van der Waals surface area (Å²) in [6.07, 6.45) is -4.74. The lowest BCUT2D eigenvalue weighted by atomic mass is 10.2. The average molecular weight is 294 g/mol. The van der Waals surface area contributed by atoms with Crippen LogP contribution in [-0.4, -0.2) is 27.7 Å². The van der Waals surface area contributed by atoms with Crippen LogP contribution in [0.1, 0.15) is 12.0 Å². The molecule has 0 unspecified atom stereocenters. The smallest absolute Gasteiger partial charge is 0.384 e. The van der Waals surface area contributed by atoms with E-state index in [1.165, 1.54) is 12.1 Å². The Morgan fingerprint density at radius 3 is 2.74 bits per heavy atom. The molecule has 1 aliphatic heterocycles. The molecule has 0 radical (unpaired) electrons. The maximum atomic E-state index is 12.0. The van der Waals surface area contributed by atoms with Gasteiger partial charge in [0.15, 0.2) is 0 Å². The van der Waals surface area contributed by atoms with Crippen molar-refractivity contribution in [3.8, 4) is 0 Å². The number of sulfonamides is 1. The zero-order chi connectivity index (χ0) is 14.1. The quantitative estimate of drug-likeness (QED) is 0.891. The Balaban J connectivity index is 2.07. The molecule has 1 aliphatic rings. The highest BCUT2D eigenvalue weighted by molar-refractivity contribution is 7.89. The molecule has 2 rings (SSSR count). The largest absolute Gasteiger partial charge is 0.390 e. The van der Waals surface area contributed by atoms with Gasteiger partial charge in [0, 0.05) is 18.8 Å². The number of alkyl halides is 3. The van der Waals surface area contributed by atoms with Gasteiger partial charge in [-0.15, -0.1) is 0 Å². The van der Waals surface area contributed by atoms with Gasteiger partial charge in [-0.05, 0) is 24.1 Å². The van der Waals surface area contributed by atoms with Crippen molar-refractivity contribution in [1.82, 2.24) is 4.72 Å². The fourth-order valence-electron chi connectivity index (χ4n) is 1.85. The second-order valence-electron chi connectivity index (χ2n) is 4.26. The normalized spacial score (nSPS) is 15.1. The van der Waals surface area contributed by atoms with Crippen molar-refractivity contribution in [2.75, 3.05) is 18.4 Å². The highest BCUT2D eigenvalue weighted by Crippen LogP contribution is 2.25. The fraction of sp³-hybridized carbons (Fsp3) is 0.455. The molecule has 1 aromatic carbocycles. The van der Waals surface area contributed by atoms with E-state index in [4.69, 9.17) is 0 Å². The maximum Gasteiger partial charge on any atom is 0.390 e. The molecule has 106 valence electrons. The first-order valence-corrected chi connectivity index (χ1v) is 7.19. The molecule has 1 aromatic rings. The molecular formula is C11H13F3N2O2S. The van der Waals surface area contributed by atoms with Crippen LogP contribution in [0.3, 0.4) is 0 Å². The van der Waals surface area contributed by atoms with Gasteiger partial charge in [0.2, 0.25) is 10.0 Å². The van der Waals surface area contributed by atoms with E-state index in [1.807, 2.05) is 4.72 Å². The van der Waals surface area contributed by atoms with E-state index >= 15 is 0 Å². The van der Waals surface area contributed by atoms with Crippen LogP contribution < -0.4 is 10.0 Å². The molecule has 0 saturated heterocycles. The first-order valence-electron chi connectivity index (χ1n) is 5.71. The first-order chi connectivity index (χ1) is 8.78. The van der Waals surface area contributed by atoms with Gasteiger partial charge in [0.1, 0.15) is 0 Å². The molecule has 4 nitrogen and oxygen atoms in total. The van der Waals surface area contributed by atoms with Crippen LogP contribution in [0, 0.1) is 0 Å². The second kappa shape index (κ2) is 5.01. The van der Waals surface area contributed by atoms with Gasteiger partial charge in [-0.2, -0.15) is 13.2 Å². The Morgan fingerprint density at radius 1 is 1.32 bits per heavy atom. The summed E-state index contributed by atoms with van der Waals surface area (Å²) < 4.78 is 61.5. The number of rotatable bonds is 4. The zero-order valence-electron chi connectivity index (χ0n) is 9.92. The molecule has 0 bridgehead atoms. The van der Waals surface area contributed by atoms with Gasteiger partial charge in [-0.1, -0.05) is 6.07 Å². The molecule has 0 fully saturated rings. The molecule has 8 heteroatoms. The van der Waals surface area contributed by atoms with Gasteiger partial charge < -0.3 is 5.32 Å². The molecule has 0 spiro atoms. The summed E-state index contributed by atoms with van der Waals surface area (Å²) >= 11 is 0. The molecule has 0 amide bonds. The van der Waals surface area contributed by atoms with Crippen LogP contribution in [0.15, 0.2) is 23.1 Å². The monoisotopic (exact) mass is 294 g/mol. The van der Waals surface area contributed by atoms with Crippen molar-refractivity contribution in [2.45, 2.75) is 23.9 Å². The summed E-state index contributed by atoms with van der Waals surface area (Å²) in [5.41, 5.74) is 1.73. The topological polar surface area (TPSA) is 58.2 Å². The number of fused-ring (bicyclic) bond motifs is 1. The lowest BCUT2D eigenvalue weighted by Gasteiger charge is -2.10. The highest BCUT2D eigenvalue weighted by atomic mass is 32.2. The van der Waals surface area contributed by atoms with Crippen molar-refractivity contribution in [2.24, 2.45) is 0 Å². The Kier molecular flexibility index (Phi) is 3.73. The third kappa shape index (κ3) is 3.60. The van der Waals surface area contributed by atoms with Crippen molar-refractivity contribution in [1.29, 1.82) is 0 Å². The van der Waals surface area contributed by atoms with Crippen LogP contribution >= 0.6 is 0 Å². The number of hydrogen-bond acceptors (Lipinski definition) is 3. The van der Waals surface area contributed by atoms with Crippen molar-refractivity contribution < 1.29 is 21.6 Å². The Hall–Kier alpha value is -1.28. The van der Waals surface area contributed by atoms with Gasteiger partial charge >= 0.3 is 6.18 Å². The lowest BCUT2D eigenvalue weighted by molar-refractivity contribution is -0.132. The molecule has 1 heterocycles. The summed E-state index contributed by atoms with van der Waals surface area (Å²) in [4.78, 5) is -0.0252. The van der Waals surface area contributed by atoms with E-state index < -0.39 is 29.2 Å². The number of anilines is 1. The summed E-state index contributed by atoms with van der Waals surface area (Å²) in [6, 6.07) is 4.52. The molecular weight excluding hydrogens is 281 g/mol. The molecule has 0 saturated carbocycles. The van der Waals surface area contributed by atoms with Crippen molar-refractivity contribution >= 4 is 15.7 Å². The number of benzene rings is 1. The third-order valence-corrected chi connectivity index (χ3v) is 4.26. The molecule has 19 heavy (non-hydrogen) atoms. The van der Waals surface area contributed by atoms with Crippen LogP contribution in [0.2, 0.25) is 0 Å². The van der Waals surface area contributed by atoms with Crippen LogP contribution in [-0.2, 0) is 16.4 Å². The Labute approximate surface area is 109 Å². The van der Waals surface area contributed by atoms with E-state index in [0.717, 1.165) is 24.2 Å². The summed E-state index contributed by atoms with van der Waals surface area (Å²) in [7, 11) is -3.89. The summed E-state index contributed by atoms with van der Waals surface area (Å²) in [6.45, 7) is 0.0800. The number of halogens is 3. The highest BCUT2D eigenvalue weighted by Gasteiger charge is 2.27. The van der Waals surface area contributed by atoms with Crippen molar-refractivity contribution in [3.63, 3.8) is 0 Å². The molecule has 0 atom stereocenters. The van der Waals surface area contributed by atoms with Crippen LogP contribution in [0.5, 0.6) is 0 Å². The summed E-state index contributed by atoms with van der Waals surface area (Å²) in [5, 5.41) is 3.02. The zero-order valence-corrected chi connectivity index (χ0v) is 10.7. The van der Waals surface area contributed by atoms with E-state index in [1.54, 1.807) is 6.07 Å². The van der Waals surface area contributed by atoms with Crippen LogP contribution in [0.25, 0.3) is 0 Å². The minimum absolute atomic E-state index is 0.0252. The molecule has 2 N–H and O–H groups in total. The Morgan fingerprint density at radius 2 is 2.05 bits per heavy atom. The standard InChI is InChI=1S/C11H13F3N2O2S/c12-11(13,14)4-6-16-19(17,18)9-2-1-8-3-5-15-10(8)7-9/h1-2,7,15-16H,3-6H2. The minimum Gasteiger partial charge on any atom is -0.384 e. The Bertz CT molecular complexity index is 570. The van der Waals surface area contributed by atoms with Crippen molar-refractivity contribution in [3.05, 3.63) is 23.8 Å². The average Bonchev–Trinajstić information content (AvgIpc) is 2.73. The van der Waals surface area contributed by atoms with E-state index in [9.17, 15) is 21.6 Å². The lowest BCUT2D eigenvalue weighted by Crippen LogP contribution is -2.28. The second-order valence-corrected chi connectivity index (χ2v) is 6.03. The predicted octanol–water partition coefficient (Wildman–Crippen LogP) is 1.89. The van der Waals surface area contributed by atoms with Gasteiger partial charge in [0.05, 0.1) is 11.3 Å². The van der Waals surface area contributed by atoms with Gasteiger partial charge in [0.25, 0.3) is 0 Å². The maximum absolute atomic E-state index is 12.0. The van der Waals surface area contributed by atoms with E-state index in [2.05, 4.69) is 5.32 Å². The minimum atomic E-state index is -4.37. The fourth-order valence-corrected chi connectivity index (χ4v) is 2.91. The molecule has 0 aliphatic carbocycles. The first kappa shape index (κ1) is 14.1. The van der Waals surface area contributed by atoms with Gasteiger partial charge in [-0.25, -0.2) is 13.1 Å². The molecule has 0 aromatic heterocycles. The predicted molar refractivity (Wildman–Crippen MR) is 64.5 cm³/mol.